The maximum absolute atomic E-state index is 16.0. The third kappa shape index (κ3) is 13.0. The standard InChI is InChI=1S/C65H104O34/c1-23-34(72)49(96-55-43(81)39(77)36(74)30(19-67)92-55)50(97-53-45(83)41(79)47(24(2)90-53)94-52-46(84)48(28(71)21-88-52)95-54-42(80)38(76)35(73)29(18-66)91-54)57(89-23)99-59(87)64-13-12-60(3,4)16-26(64)25-8-9-32-61(5)17-27(70)51(98-56-44(82)40(78)37(75)31(20-68)93-56)63(7,58(85)86)33(61)10-11-62(32,6)65(25,22-69)15-14-64/h8,23-24,26-57,66-84H,9-22H2,1-7H3,(H,85,86)/t23-,24-,26+,27+,28-,29-,30-,31-,32-,33-,34+,35+,36-,37-,38+,39+,40+,41+,42-,43-,44-,45-,46-,47+,48+,49+,50-,51?,52+,53+,54+,55+,56+,57+,61-,62-,63+,64+,65+/m1/s1. The second-order valence-corrected chi connectivity index (χ2v) is 31.2. The van der Waals surface area contributed by atoms with Crippen LogP contribution in [0.3, 0.4) is 0 Å². The van der Waals surface area contributed by atoms with Gasteiger partial charge >= 0.3 is 11.9 Å². The van der Waals surface area contributed by atoms with E-state index in [1.165, 1.54) is 20.8 Å². The van der Waals surface area contributed by atoms with Crippen LogP contribution in [0.2, 0.25) is 0 Å². The Balaban J connectivity index is 0.873. The highest BCUT2D eigenvalue weighted by Crippen LogP contribution is 2.76. The van der Waals surface area contributed by atoms with Gasteiger partial charge in [0.15, 0.2) is 37.6 Å². The molecule has 5 aliphatic carbocycles. The summed E-state index contributed by atoms with van der Waals surface area (Å²) in [6.07, 6.45) is -50.7. The van der Waals surface area contributed by atoms with Crippen molar-refractivity contribution in [3.05, 3.63) is 11.6 Å². The number of carbonyl (C=O) groups is 2. The fourth-order valence-corrected chi connectivity index (χ4v) is 19.3. The van der Waals surface area contributed by atoms with Gasteiger partial charge in [0.25, 0.3) is 0 Å². The SMILES string of the molecule is C[C@H]1O[C@@H](OC(=O)[C@]23CCC(C)(C)C[C@H]2C2=CC[C@@H]4[C@@]5(C)C[C@H](O)C(O[C@@H]6O[C@H](CO)[C@@H](O)[C@H](O)[C@H]6O)[C@@](C)(C(=O)O)[C@@H]5CC[C@@]4(C)[C@]2(CO)CC3)[C@H](O[C@@H]2O[C@H](C)[C@H](O[C@@H]3OC[C@@H](O)[C@H](O[C@@H]4O[C@H](CO)[C@H](O)[C@H](O)[C@H]4O)[C@H]3O)[C@@H](O)[C@H]2O)[C@@H](O[C@@H]2O[C@H](CO)[C@@H](O)[C@H](O)[C@H]2O)[C@H]1O. The number of fused-ring (bicyclic) bond motifs is 7. The van der Waals surface area contributed by atoms with E-state index in [0.29, 0.717) is 25.7 Å². The number of aliphatic hydroxyl groups excluding tert-OH is 19. The minimum Gasteiger partial charge on any atom is -0.481 e. The molecule has 34 heteroatoms. The first-order valence-electron chi connectivity index (χ1n) is 34.4. The van der Waals surface area contributed by atoms with Crippen molar-refractivity contribution < 1.29 is 169 Å². The Labute approximate surface area is 570 Å². The first-order valence-corrected chi connectivity index (χ1v) is 34.4. The fraction of sp³-hybridized carbons (Fsp3) is 0.938. The van der Waals surface area contributed by atoms with Crippen LogP contribution >= 0.6 is 0 Å². The summed E-state index contributed by atoms with van der Waals surface area (Å²) in [5.41, 5.74) is -5.78. The summed E-state index contributed by atoms with van der Waals surface area (Å²) in [6.45, 7) is 8.84. The lowest BCUT2D eigenvalue weighted by atomic mass is 9.33. The molecule has 0 radical (unpaired) electrons. The Hall–Kier alpha value is -2.52. The highest BCUT2D eigenvalue weighted by Gasteiger charge is 2.74. The van der Waals surface area contributed by atoms with E-state index >= 15 is 4.79 Å². The topological polar surface area (TPSA) is 550 Å². The molecule has 20 N–H and O–H groups in total. The smallest absolute Gasteiger partial charge is 0.315 e. The van der Waals surface area contributed by atoms with E-state index in [-0.39, 0.29) is 32.1 Å². The average Bonchev–Trinajstić information content (AvgIpc) is 0.649. The molecular weight excluding hydrogens is 1320 g/mol. The summed E-state index contributed by atoms with van der Waals surface area (Å²) in [4.78, 5) is 29.9. The van der Waals surface area contributed by atoms with Gasteiger partial charge < -0.3 is 159 Å². The molecule has 0 aromatic carbocycles. The van der Waals surface area contributed by atoms with Crippen LogP contribution in [0, 0.1) is 50.2 Å². The minimum atomic E-state index is -2.16. The molecule has 0 spiro atoms. The number of aliphatic carboxylic acids is 1. The van der Waals surface area contributed by atoms with E-state index < -0.39 is 286 Å². The molecule has 39 atom stereocenters. The molecule has 6 saturated heterocycles. The van der Waals surface area contributed by atoms with Gasteiger partial charge in [0.05, 0.1) is 62.2 Å². The molecule has 0 aromatic rings. The van der Waals surface area contributed by atoms with Crippen LogP contribution < -0.4 is 0 Å². The first kappa shape index (κ1) is 77.6. The van der Waals surface area contributed by atoms with Crippen molar-refractivity contribution in [1.29, 1.82) is 0 Å². The number of ether oxygens (including phenoxy) is 12. The van der Waals surface area contributed by atoms with Crippen molar-refractivity contribution in [3.63, 3.8) is 0 Å². The van der Waals surface area contributed by atoms with Gasteiger partial charge in [0.2, 0.25) is 6.29 Å². The Morgan fingerprint density at radius 2 is 0.980 bits per heavy atom. The lowest BCUT2D eigenvalue weighted by Crippen LogP contribution is -2.71. The minimum absolute atomic E-state index is 0.0185. The molecule has 11 rings (SSSR count). The van der Waals surface area contributed by atoms with E-state index in [1.54, 1.807) is 0 Å². The molecule has 10 fully saturated rings. The zero-order chi connectivity index (χ0) is 72.5. The summed E-state index contributed by atoms with van der Waals surface area (Å²) < 4.78 is 72.0. The number of rotatable bonds is 17. The zero-order valence-corrected chi connectivity index (χ0v) is 56.3. The van der Waals surface area contributed by atoms with Crippen LogP contribution in [-0.4, -0.2) is 337 Å². The lowest BCUT2D eigenvalue weighted by Gasteiger charge is -2.71. The van der Waals surface area contributed by atoms with Crippen LogP contribution in [0.1, 0.15) is 106 Å². The van der Waals surface area contributed by atoms with E-state index in [0.717, 1.165) is 5.57 Å². The quantitative estimate of drug-likeness (QED) is 0.0366. The Bertz CT molecular complexity index is 2840. The Morgan fingerprint density at radius 1 is 0.485 bits per heavy atom. The number of allylic oxidation sites excluding steroid dienone is 1. The summed E-state index contributed by atoms with van der Waals surface area (Å²) in [7, 11) is 0. The number of esters is 1. The fourth-order valence-electron chi connectivity index (χ4n) is 19.3. The van der Waals surface area contributed by atoms with Crippen LogP contribution in [-0.2, 0) is 66.4 Å². The molecular formula is C65H104O34. The van der Waals surface area contributed by atoms with Gasteiger partial charge in [-0.05, 0) is 113 Å². The summed E-state index contributed by atoms with van der Waals surface area (Å²) in [6, 6.07) is 0. The maximum Gasteiger partial charge on any atom is 0.315 e. The van der Waals surface area contributed by atoms with E-state index in [1.807, 2.05) is 13.0 Å². The second-order valence-electron chi connectivity index (χ2n) is 31.2. The largest absolute Gasteiger partial charge is 0.481 e. The molecule has 1 unspecified atom stereocenters. The van der Waals surface area contributed by atoms with Gasteiger partial charge in [-0.3, -0.25) is 9.59 Å². The predicted octanol–water partition coefficient (Wildman–Crippen LogP) is -6.68. The van der Waals surface area contributed by atoms with Crippen LogP contribution in [0.25, 0.3) is 0 Å². The van der Waals surface area contributed by atoms with Gasteiger partial charge in [-0.15, -0.1) is 0 Å². The first-order chi connectivity index (χ1) is 46.4. The highest BCUT2D eigenvalue weighted by atomic mass is 16.8. The Morgan fingerprint density at radius 3 is 1.53 bits per heavy atom. The molecule has 6 heterocycles. The predicted molar refractivity (Wildman–Crippen MR) is 324 cm³/mol. The van der Waals surface area contributed by atoms with Crippen molar-refractivity contribution in [1.82, 2.24) is 0 Å². The van der Waals surface area contributed by atoms with E-state index in [9.17, 15) is 107 Å². The van der Waals surface area contributed by atoms with Crippen molar-refractivity contribution in [2.24, 2.45) is 50.2 Å². The molecule has 0 amide bonds. The highest BCUT2D eigenvalue weighted by molar-refractivity contribution is 5.79. The number of carbonyl (C=O) groups excluding carboxylic acids is 1. The molecule has 11 aliphatic rings. The number of carboxylic acids is 1. The number of aliphatic hydroxyl groups is 19. The monoisotopic (exact) mass is 1430 g/mol. The number of hydrogen-bond donors (Lipinski definition) is 20. The zero-order valence-electron chi connectivity index (χ0n) is 56.3. The number of hydrogen-bond acceptors (Lipinski definition) is 33. The normalized spacial score (nSPS) is 54.5. The van der Waals surface area contributed by atoms with Crippen LogP contribution in [0.15, 0.2) is 11.6 Å². The van der Waals surface area contributed by atoms with Crippen molar-refractivity contribution in [2.75, 3.05) is 33.0 Å². The van der Waals surface area contributed by atoms with Gasteiger partial charge in [-0.2, -0.15) is 0 Å². The maximum atomic E-state index is 16.0. The average molecular weight is 1430 g/mol. The van der Waals surface area contributed by atoms with Crippen molar-refractivity contribution in [3.8, 4) is 0 Å². The van der Waals surface area contributed by atoms with Gasteiger partial charge in [-0.25, -0.2) is 0 Å². The summed E-state index contributed by atoms with van der Waals surface area (Å²) in [5, 5.41) is 220. The van der Waals surface area contributed by atoms with Gasteiger partial charge in [0.1, 0.15) is 128 Å². The van der Waals surface area contributed by atoms with E-state index in [4.69, 9.17) is 56.8 Å². The Kier molecular flexibility index (Phi) is 22.7. The summed E-state index contributed by atoms with van der Waals surface area (Å²) in [5.74, 6) is -3.92. The third-order valence-corrected chi connectivity index (χ3v) is 25.2. The van der Waals surface area contributed by atoms with Crippen molar-refractivity contribution in [2.45, 2.75) is 297 Å². The molecule has 0 aromatic heterocycles. The third-order valence-electron chi connectivity index (χ3n) is 25.2. The van der Waals surface area contributed by atoms with Crippen molar-refractivity contribution >= 4 is 11.9 Å². The molecule has 6 aliphatic heterocycles. The molecule has 4 saturated carbocycles. The molecule has 0 bridgehead atoms. The summed E-state index contributed by atoms with van der Waals surface area (Å²) >= 11 is 0. The molecule has 568 valence electrons. The lowest BCUT2D eigenvalue weighted by molar-refractivity contribution is -0.393. The van der Waals surface area contributed by atoms with Crippen LogP contribution in [0.4, 0.5) is 0 Å². The van der Waals surface area contributed by atoms with Gasteiger partial charge in [0, 0.05) is 5.41 Å². The van der Waals surface area contributed by atoms with Gasteiger partial charge in [-0.1, -0.05) is 39.3 Å². The number of carboxylic acid groups (broad SMARTS) is 1. The molecule has 99 heavy (non-hydrogen) atoms. The van der Waals surface area contributed by atoms with E-state index in [2.05, 4.69) is 20.8 Å². The second kappa shape index (κ2) is 29.0. The molecule has 34 nitrogen and oxygen atoms in total. The van der Waals surface area contributed by atoms with Crippen LogP contribution in [0.5, 0.6) is 0 Å².